The number of nitrogens with one attached hydrogen (secondary N) is 1. The molecule has 0 unspecified atom stereocenters. The van der Waals surface area contributed by atoms with E-state index >= 15 is 0 Å². The van der Waals surface area contributed by atoms with Crippen molar-refractivity contribution in [1.29, 1.82) is 0 Å². The highest BCUT2D eigenvalue weighted by Crippen LogP contribution is 2.26. The summed E-state index contributed by atoms with van der Waals surface area (Å²) < 4.78 is 2.70. The zero-order valence-corrected chi connectivity index (χ0v) is 17.6. The fourth-order valence-corrected chi connectivity index (χ4v) is 4.16. The van der Waals surface area contributed by atoms with Crippen LogP contribution in [-0.4, -0.2) is 14.5 Å². The third-order valence-electron chi connectivity index (χ3n) is 4.60. The summed E-state index contributed by atoms with van der Waals surface area (Å²) in [5, 5.41) is 4.98. The SMILES string of the molecule is C=Cc1c(C)nc(Nc2ccc3nc(C)sc3c2)n(Cc2ccc(Cl)cc2)c1=O. The number of nitrogens with zero attached hydrogens (tertiary/aromatic N) is 3. The number of aryl methyl sites for hydroxylation is 2. The first-order valence-corrected chi connectivity index (χ1v) is 10.3. The Bertz CT molecular complexity index is 1270. The molecule has 0 fully saturated rings. The lowest BCUT2D eigenvalue weighted by molar-refractivity contribution is 0.741. The van der Waals surface area contributed by atoms with Crippen LogP contribution in [0.2, 0.25) is 5.02 Å². The number of hydrogen-bond donors (Lipinski definition) is 1. The van der Waals surface area contributed by atoms with Crippen LogP contribution < -0.4 is 10.9 Å². The Morgan fingerprint density at radius 3 is 2.66 bits per heavy atom. The van der Waals surface area contributed by atoms with E-state index in [1.807, 2.05) is 56.3 Å². The lowest BCUT2D eigenvalue weighted by Gasteiger charge is -2.16. The van der Waals surface area contributed by atoms with Gasteiger partial charge < -0.3 is 5.32 Å². The van der Waals surface area contributed by atoms with Crippen LogP contribution in [0.1, 0.15) is 21.8 Å². The molecular formula is C22H19ClN4OS. The topological polar surface area (TPSA) is 59.8 Å². The minimum Gasteiger partial charge on any atom is -0.325 e. The lowest BCUT2D eigenvalue weighted by atomic mass is 10.2. The van der Waals surface area contributed by atoms with Crippen LogP contribution in [0.3, 0.4) is 0 Å². The van der Waals surface area contributed by atoms with Crippen LogP contribution >= 0.6 is 22.9 Å². The molecule has 0 spiro atoms. The van der Waals surface area contributed by atoms with E-state index in [1.54, 1.807) is 22.0 Å². The molecule has 0 radical (unpaired) electrons. The Morgan fingerprint density at radius 2 is 1.93 bits per heavy atom. The van der Waals surface area contributed by atoms with Crippen LogP contribution in [0.5, 0.6) is 0 Å². The smallest absolute Gasteiger partial charge is 0.262 e. The normalized spacial score (nSPS) is 11.0. The molecule has 0 aliphatic rings. The Morgan fingerprint density at radius 1 is 1.17 bits per heavy atom. The van der Waals surface area contributed by atoms with Crippen LogP contribution in [0, 0.1) is 13.8 Å². The average Bonchev–Trinajstić information content (AvgIpc) is 3.06. The monoisotopic (exact) mass is 422 g/mol. The molecule has 2 aromatic carbocycles. The maximum atomic E-state index is 13.1. The van der Waals surface area contributed by atoms with Gasteiger partial charge in [-0.25, -0.2) is 9.97 Å². The predicted molar refractivity (Wildman–Crippen MR) is 122 cm³/mol. The number of fused-ring (bicyclic) bond motifs is 1. The Labute approximate surface area is 177 Å². The minimum atomic E-state index is -0.139. The molecule has 0 aliphatic carbocycles. The van der Waals surface area contributed by atoms with Gasteiger partial charge in [-0.2, -0.15) is 0 Å². The summed E-state index contributed by atoms with van der Waals surface area (Å²) in [5.74, 6) is 0.480. The second-order valence-electron chi connectivity index (χ2n) is 6.70. The van der Waals surface area contributed by atoms with Gasteiger partial charge in [0, 0.05) is 10.7 Å². The lowest BCUT2D eigenvalue weighted by Crippen LogP contribution is -2.27. The first-order valence-electron chi connectivity index (χ1n) is 9.07. The Balaban J connectivity index is 1.78. The number of anilines is 2. The molecule has 5 nitrogen and oxygen atoms in total. The molecule has 1 N–H and O–H groups in total. The van der Waals surface area contributed by atoms with E-state index < -0.39 is 0 Å². The van der Waals surface area contributed by atoms with Crippen molar-refractivity contribution in [3.8, 4) is 0 Å². The number of benzene rings is 2. The van der Waals surface area contributed by atoms with Gasteiger partial charge in [0.15, 0.2) is 0 Å². The second kappa shape index (κ2) is 7.81. The van der Waals surface area contributed by atoms with Crippen LogP contribution in [-0.2, 0) is 6.54 Å². The molecule has 2 aromatic heterocycles. The number of hydrogen-bond acceptors (Lipinski definition) is 5. The molecule has 4 rings (SSSR count). The van der Waals surface area contributed by atoms with Crippen molar-refractivity contribution in [1.82, 2.24) is 14.5 Å². The molecule has 2 heterocycles. The van der Waals surface area contributed by atoms with E-state index in [0.717, 1.165) is 26.5 Å². The predicted octanol–water partition coefficient (Wildman–Crippen LogP) is 5.56. The zero-order chi connectivity index (χ0) is 20.5. The largest absolute Gasteiger partial charge is 0.325 e. The van der Waals surface area contributed by atoms with Crippen molar-refractivity contribution >= 4 is 50.9 Å². The van der Waals surface area contributed by atoms with Crippen molar-refractivity contribution in [2.45, 2.75) is 20.4 Å². The summed E-state index contributed by atoms with van der Waals surface area (Å²) in [5.41, 5.74) is 3.76. The van der Waals surface area contributed by atoms with Gasteiger partial charge in [0.1, 0.15) is 0 Å². The van der Waals surface area contributed by atoms with Crippen molar-refractivity contribution in [2.75, 3.05) is 5.32 Å². The number of rotatable bonds is 5. The van der Waals surface area contributed by atoms with Crippen molar-refractivity contribution in [3.63, 3.8) is 0 Å². The number of aromatic nitrogens is 3. The van der Waals surface area contributed by atoms with Gasteiger partial charge in [0.05, 0.1) is 33.0 Å². The molecule has 0 amide bonds. The van der Waals surface area contributed by atoms with E-state index in [-0.39, 0.29) is 5.56 Å². The Kier molecular flexibility index (Phi) is 5.22. The van der Waals surface area contributed by atoms with Gasteiger partial charge >= 0.3 is 0 Å². The van der Waals surface area contributed by atoms with Gasteiger partial charge in [0.2, 0.25) is 5.95 Å². The third-order valence-corrected chi connectivity index (χ3v) is 5.79. The van der Waals surface area contributed by atoms with E-state index in [4.69, 9.17) is 11.6 Å². The summed E-state index contributed by atoms with van der Waals surface area (Å²) >= 11 is 7.62. The summed E-state index contributed by atoms with van der Waals surface area (Å²) in [6.45, 7) is 7.93. The van der Waals surface area contributed by atoms with Crippen LogP contribution in [0.25, 0.3) is 16.3 Å². The van der Waals surface area contributed by atoms with Gasteiger partial charge in [-0.1, -0.05) is 36.4 Å². The minimum absolute atomic E-state index is 0.139. The maximum Gasteiger partial charge on any atom is 0.262 e. The second-order valence-corrected chi connectivity index (χ2v) is 8.37. The molecule has 0 aliphatic heterocycles. The van der Waals surface area contributed by atoms with E-state index in [1.165, 1.54) is 0 Å². The van der Waals surface area contributed by atoms with Crippen molar-refractivity contribution in [3.05, 3.63) is 86.2 Å². The van der Waals surface area contributed by atoms with E-state index in [2.05, 4.69) is 21.9 Å². The van der Waals surface area contributed by atoms with Crippen molar-refractivity contribution in [2.24, 2.45) is 0 Å². The Hall–Kier alpha value is -2.96. The molecule has 0 bridgehead atoms. The van der Waals surface area contributed by atoms with Crippen LogP contribution in [0.4, 0.5) is 11.6 Å². The zero-order valence-electron chi connectivity index (χ0n) is 16.1. The highest BCUT2D eigenvalue weighted by molar-refractivity contribution is 7.18. The van der Waals surface area contributed by atoms with Gasteiger partial charge in [0.25, 0.3) is 5.56 Å². The molecule has 4 aromatic rings. The fraction of sp³-hybridized carbons (Fsp3) is 0.136. The van der Waals surface area contributed by atoms with Gasteiger partial charge in [-0.15, -0.1) is 11.3 Å². The summed E-state index contributed by atoms with van der Waals surface area (Å²) in [7, 11) is 0. The first-order chi connectivity index (χ1) is 13.9. The van der Waals surface area contributed by atoms with Crippen molar-refractivity contribution < 1.29 is 0 Å². The van der Waals surface area contributed by atoms with Gasteiger partial charge in [-0.05, 0) is 49.7 Å². The highest BCUT2D eigenvalue weighted by Gasteiger charge is 2.14. The third kappa shape index (κ3) is 3.95. The standard InChI is InChI=1S/C22H19ClN4OS/c1-4-18-13(2)24-22(26-17-9-10-19-20(11-17)29-14(3)25-19)27(21(18)28)12-15-5-7-16(23)8-6-15/h4-11H,1,12H2,2-3H3,(H,24,26). The molecule has 7 heteroatoms. The summed E-state index contributed by atoms with van der Waals surface area (Å²) in [6.07, 6.45) is 1.55. The molecule has 0 atom stereocenters. The first kappa shape index (κ1) is 19.4. The molecule has 146 valence electrons. The van der Waals surface area contributed by atoms with E-state index in [9.17, 15) is 4.79 Å². The molecule has 29 heavy (non-hydrogen) atoms. The molecular weight excluding hydrogens is 404 g/mol. The molecule has 0 saturated carbocycles. The summed E-state index contributed by atoms with van der Waals surface area (Å²) in [4.78, 5) is 22.2. The van der Waals surface area contributed by atoms with E-state index in [0.29, 0.717) is 28.8 Å². The van der Waals surface area contributed by atoms with Crippen LogP contribution in [0.15, 0.2) is 53.8 Å². The summed E-state index contributed by atoms with van der Waals surface area (Å²) in [6, 6.07) is 13.4. The fourth-order valence-electron chi connectivity index (χ4n) is 3.17. The number of thiazole rings is 1. The quantitative estimate of drug-likeness (QED) is 0.457. The maximum absolute atomic E-state index is 13.1. The van der Waals surface area contributed by atoms with Gasteiger partial charge in [-0.3, -0.25) is 9.36 Å². The number of halogens is 1. The highest BCUT2D eigenvalue weighted by atomic mass is 35.5. The molecule has 0 saturated heterocycles. The average molecular weight is 423 g/mol.